The zero-order valence-corrected chi connectivity index (χ0v) is 14.4. The highest BCUT2D eigenvalue weighted by Gasteiger charge is 2.38. The molecule has 0 saturated carbocycles. The molecule has 1 amide bonds. The first kappa shape index (κ1) is 18.2. The van der Waals surface area contributed by atoms with Crippen molar-refractivity contribution in [3.63, 3.8) is 0 Å². The molecule has 2 saturated heterocycles. The monoisotopic (exact) mass is 355 g/mol. The summed E-state index contributed by atoms with van der Waals surface area (Å²) in [6, 6.07) is 7.65. The molecule has 1 aromatic carbocycles. The maximum Gasteiger partial charge on any atom is 0.401 e. The summed E-state index contributed by atoms with van der Waals surface area (Å²) in [7, 11) is 0. The van der Waals surface area contributed by atoms with E-state index in [0.29, 0.717) is 39.1 Å². The molecule has 0 N–H and O–H groups in total. The van der Waals surface area contributed by atoms with Crippen molar-refractivity contribution in [1.29, 1.82) is 0 Å². The Morgan fingerprint density at radius 1 is 1.04 bits per heavy atom. The standard InChI is InChI=1S/C18H24F3N3O/c1-14-3-5-15(6-4-14)24-10-7-16(17(24)25)23-9-2-8-22(11-12-23)13-18(19,20)21/h3-6,16H,2,7-13H2,1H3. The number of aryl methyl sites for hydroxylation is 1. The molecule has 0 aromatic heterocycles. The van der Waals surface area contributed by atoms with Gasteiger partial charge in [0.05, 0.1) is 12.6 Å². The number of nitrogens with zero attached hydrogens (tertiary/aromatic N) is 3. The van der Waals surface area contributed by atoms with Crippen LogP contribution in [0.1, 0.15) is 18.4 Å². The van der Waals surface area contributed by atoms with Gasteiger partial charge >= 0.3 is 6.18 Å². The van der Waals surface area contributed by atoms with Crippen molar-refractivity contribution < 1.29 is 18.0 Å². The molecular formula is C18H24F3N3O. The van der Waals surface area contributed by atoms with Crippen molar-refractivity contribution in [2.24, 2.45) is 0 Å². The second-order valence-electron chi connectivity index (χ2n) is 6.91. The molecule has 1 unspecified atom stereocenters. The van der Waals surface area contributed by atoms with E-state index in [9.17, 15) is 18.0 Å². The molecular weight excluding hydrogens is 331 g/mol. The van der Waals surface area contributed by atoms with Gasteiger partial charge in [0, 0.05) is 31.9 Å². The van der Waals surface area contributed by atoms with Crippen LogP contribution in [0.2, 0.25) is 0 Å². The maximum absolute atomic E-state index is 12.8. The van der Waals surface area contributed by atoms with E-state index in [2.05, 4.69) is 4.90 Å². The number of alkyl halides is 3. The van der Waals surface area contributed by atoms with Crippen LogP contribution in [-0.2, 0) is 4.79 Å². The molecule has 2 heterocycles. The molecule has 4 nitrogen and oxygen atoms in total. The molecule has 0 spiro atoms. The van der Waals surface area contributed by atoms with Crippen molar-refractivity contribution >= 4 is 11.6 Å². The van der Waals surface area contributed by atoms with Crippen LogP contribution in [-0.4, -0.2) is 67.2 Å². The van der Waals surface area contributed by atoms with Gasteiger partial charge in [-0.2, -0.15) is 13.2 Å². The second-order valence-corrected chi connectivity index (χ2v) is 6.91. The lowest BCUT2D eigenvalue weighted by atomic mass is 10.2. The Morgan fingerprint density at radius 3 is 2.44 bits per heavy atom. The summed E-state index contributed by atoms with van der Waals surface area (Å²) in [6.07, 6.45) is -2.78. The van der Waals surface area contributed by atoms with Gasteiger partial charge < -0.3 is 4.90 Å². The topological polar surface area (TPSA) is 26.8 Å². The molecule has 2 aliphatic heterocycles. The SMILES string of the molecule is Cc1ccc(N2CCC(N3CCCN(CC(F)(F)F)CC3)C2=O)cc1. The number of hydrogen-bond acceptors (Lipinski definition) is 3. The van der Waals surface area contributed by atoms with E-state index in [4.69, 9.17) is 0 Å². The van der Waals surface area contributed by atoms with Gasteiger partial charge in [0.15, 0.2) is 0 Å². The van der Waals surface area contributed by atoms with E-state index >= 15 is 0 Å². The first-order valence-electron chi connectivity index (χ1n) is 8.75. The maximum atomic E-state index is 12.8. The molecule has 2 aliphatic rings. The molecule has 0 radical (unpaired) electrons. The minimum Gasteiger partial charge on any atom is -0.311 e. The Balaban J connectivity index is 1.61. The molecule has 1 atom stereocenters. The van der Waals surface area contributed by atoms with E-state index < -0.39 is 12.7 Å². The van der Waals surface area contributed by atoms with Crippen molar-refractivity contribution in [1.82, 2.24) is 9.80 Å². The van der Waals surface area contributed by atoms with Crippen molar-refractivity contribution in [3.05, 3.63) is 29.8 Å². The largest absolute Gasteiger partial charge is 0.401 e. The van der Waals surface area contributed by atoms with E-state index in [1.807, 2.05) is 31.2 Å². The van der Waals surface area contributed by atoms with Crippen molar-refractivity contribution in [2.75, 3.05) is 44.2 Å². The molecule has 7 heteroatoms. The summed E-state index contributed by atoms with van der Waals surface area (Å²) in [5, 5.41) is 0. The third-order valence-electron chi connectivity index (χ3n) is 4.99. The lowest BCUT2D eigenvalue weighted by molar-refractivity contribution is -0.145. The van der Waals surface area contributed by atoms with Crippen molar-refractivity contribution in [2.45, 2.75) is 32.0 Å². The highest BCUT2D eigenvalue weighted by molar-refractivity contribution is 5.99. The van der Waals surface area contributed by atoms with Crippen LogP contribution >= 0.6 is 0 Å². The van der Waals surface area contributed by atoms with Gasteiger partial charge in [-0.25, -0.2) is 0 Å². The predicted octanol–water partition coefficient (Wildman–Crippen LogP) is 2.67. The highest BCUT2D eigenvalue weighted by Crippen LogP contribution is 2.26. The summed E-state index contributed by atoms with van der Waals surface area (Å²) < 4.78 is 37.8. The summed E-state index contributed by atoms with van der Waals surface area (Å²) >= 11 is 0. The Kier molecular flexibility index (Phi) is 5.34. The lowest BCUT2D eigenvalue weighted by Gasteiger charge is -2.27. The van der Waals surface area contributed by atoms with Crippen LogP contribution in [0.3, 0.4) is 0 Å². The first-order valence-corrected chi connectivity index (χ1v) is 8.75. The predicted molar refractivity (Wildman–Crippen MR) is 90.6 cm³/mol. The number of rotatable bonds is 3. The number of halogens is 3. The van der Waals surface area contributed by atoms with Crippen LogP contribution in [0, 0.1) is 6.92 Å². The number of hydrogen-bond donors (Lipinski definition) is 0. The zero-order valence-electron chi connectivity index (χ0n) is 14.4. The molecule has 3 rings (SSSR count). The van der Waals surface area contributed by atoms with Gasteiger partial charge in [-0.1, -0.05) is 17.7 Å². The summed E-state index contributed by atoms with van der Waals surface area (Å²) in [6.45, 7) is 3.76. The van der Waals surface area contributed by atoms with Gasteiger partial charge in [0.2, 0.25) is 5.91 Å². The summed E-state index contributed by atoms with van der Waals surface area (Å²) in [4.78, 5) is 18.1. The summed E-state index contributed by atoms with van der Waals surface area (Å²) in [5.74, 6) is 0.0631. The zero-order chi connectivity index (χ0) is 18.0. The fourth-order valence-electron chi connectivity index (χ4n) is 3.70. The van der Waals surface area contributed by atoms with Crippen LogP contribution in [0.25, 0.3) is 0 Å². The van der Waals surface area contributed by atoms with Crippen LogP contribution < -0.4 is 4.90 Å². The first-order chi connectivity index (χ1) is 11.8. The Bertz CT molecular complexity index is 603. The number of benzene rings is 1. The van der Waals surface area contributed by atoms with E-state index in [-0.39, 0.29) is 11.9 Å². The van der Waals surface area contributed by atoms with Crippen LogP contribution in [0.4, 0.5) is 18.9 Å². The van der Waals surface area contributed by atoms with Gasteiger partial charge in [0.1, 0.15) is 0 Å². The number of anilines is 1. The average Bonchev–Trinajstić information content (AvgIpc) is 2.76. The number of amides is 1. The highest BCUT2D eigenvalue weighted by atomic mass is 19.4. The molecule has 0 bridgehead atoms. The van der Waals surface area contributed by atoms with Crippen LogP contribution in [0.5, 0.6) is 0 Å². The van der Waals surface area contributed by atoms with Crippen molar-refractivity contribution in [3.8, 4) is 0 Å². The smallest absolute Gasteiger partial charge is 0.311 e. The lowest BCUT2D eigenvalue weighted by Crippen LogP contribution is -2.44. The molecule has 1 aromatic rings. The third kappa shape index (κ3) is 4.52. The van der Waals surface area contributed by atoms with Crippen LogP contribution in [0.15, 0.2) is 24.3 Å². The van der Waals surface area contributed by atoms with Gasteiger partial charge in [-0.05, 0) is 38.4 Å². The minimum absolute atomic E-state index is 0.0631. The van der Waals surface area contributed by atoms with E-state index in [1.54, 1.807) is 4.90 Å². The quantitative estimate of drug-likeness (QED) is 0.834. The van der Waals surface area contributed by atoms with E-state index in [1.165, 1.54) is 4.90 Å². The van der Waals surface area contributed by atoms with E-state index in [0.717, 1.165) is 17.7 Å². The molecule has 2 fully saturated rings. The fourth-order valence-corrected chi connectivity index (χ4v) is 3.70. The molecule has 0 aliphatic carbocycles. The fraction of sp³-hybridized carbons (Fsp3) is 0.611. The molecule has 25 heavy (non-hydrogen) atoms. The average molecular weight is 355 g/mol. The summed E-state index contributed by atoms with van der Waals surface area (Å²) in [5.41, 5.74) is 2.04. The van der Waals surface area contributed by atoms with Gasteiger partial charge in [-0.15, -0.1) is 0 Å². The second kappa shape index (κ2) is 7.33. The third-order valence-corrected chi connectivity index (χ3v) is 4.99. The number of carbonyl (C=O) groups is 1. The molecule has 138 valence electrons. The minimum atomic E-state index is -4.17. The van der Waals surface area contributed by atoms with Gasteiger partial charge in [-0.3, -0.25) is 14.6 Å². The Labute approximate surface area is 146 Å². The normalized spacial score (nSPS) is 23.9. The van der Waals surface area contributed by atoms with Gasteiger partial charge in [0.25, 0.3) is 0 Å². The Morgan fingerprint density at radius 2 is 1.76 bits per heavy atom. The Hall–Kier alpha value is -1.60. The number of carbonyl (C=O) groups excluding carboxylic acids is 1.